The lowest BCUT2D eigenvalue weighted by molar-refractivity contribution is -0.138. The maximum absolute atomic E-state index is 13.0. The summed E-state index contributed by atoms with van der Waals surface area (Å²) in [6, 6.07) is 9.35. The van der Waals surface area contributed by atoms with E-state index in [1.54, 1.807) is 52.0 Å². The molecule has 0 amide bonds. The molecule has 2 aromatic carbocycles. The van der Waals surface area contributed by atoms with Crippen LogP contribution in [0.5, 0.6) is 0 Å². The highest BCUT2D eigenvalue weighted by atomic mass is 32.2. The van der Waals surface area contributed by atoms with Crippen LogP contribution in [0.4, 0.5) is 24.5 Å². The van der Waals surface area contributed by atoms with Crippen LogP contribution in [-0.4, -0.2) is 13.2 Å². The van der Waals surface area contributed by atoms with Crippen LogP contribution in [0.25, 0.3) is 0 Å². The summed E-state index contributed by atoms with van der Waals surface area (Å²) in [6.07, 6.45) is -4.37. The first-order valence-electron chi connectivity index (χ1n) is 8.75. The van der Waals surface area contributed by atoms with Gasteiger partial charge < -0.3 is 5.32 Å². The number of hydrogen-bond acceptors (Lipinski definition) is 3. The van der Waals surface area contributed by atoms with Gasteiger partial charge in [0, 0.05) is 17.9 Å². The van der Waals surface area contributed by atoms with Crippen LogP contribution in [0.15, 0.2) is 36.4 Å². The second-order valence-electron chi connectivity index (χ2n) is 7.68. The fourth-order valence-electron chi connectivity index (χ4n) is 2.52. The predicted molar refractivity (Wildman–Crippen MR) is 107 cm³/mol. The molecular weight excluding hydrogens is 389 g/mol. The molecule has 28 heavy (non-hydrogen) atoms. The molecule has 0 heterocycles. The van der Waals surface area contributed by atoms with E-state index < -0.39 is 26.5 Å². The van der Waals surface area contributed by atoms with Gasteiger partial charge in [-0.2, -0.15) is 13.2 Å². The van der Waals surface area contributed by atoms with E-state index in [1.807, 2.05) is 0 Å². The number of rotatable bonds is 5. The van der Waals surface area contributed by atoms with Gasteiger partial charge in [-0.05, 0) is 75.6 Å². The summed E-state index contributed by atoms with van der Waals surface area (Å²) in [7, 11) is -3.50. The van der Waals surface area contributed by atoms with Crippen molar-refractivity contribution in [3.05, 3.63) is 58.7 Å². The zero-order valence-electron chi connectivity index (χ0n) is 16.5. The maximum Gasteiger partial charge on any atom is 0.416 e. The average Bonchev–Trinajstić information content (AvgIpc) is 2.55. The number of hydrogen-bond donors (Lipinski definition) is 2. The van der Waals surface area contributed by atoms with Crippen LogP contribution in [0.1, 0.15) is 43.0 Å². The van der Waals surface area contributed by atoms with Gasteiger partial charge >= 0.3 is 6.18 Å². The van der Waals surface area contributed by atoms with E-state index in [-0.39, 0.29) is 5.56 Å². The Labute approximate surface area is 164 Å². The summed E-state index contributed by atoms with van der Waals surface area (Å²) in [4.78, 5) is 0. The van der Waals surface area contributed by atoms with Crippen molar-refractivity contribution < 1.29 is 21.6 Å². The lowest BCUT2D eigenvalue weighted by atomic mass is 10.0. The minimum Gasteiger partial charge on any atom is -0.381 e. The quantitative estimate of drug-likeness (QED) is 0.682. The van der Waals surface area contributed by atoms with E-state index in [1.165, 1.54) is 13.0 Å². The Morgan fingerprint density at radius 3 is 1.96 bits per heavy atom. The standard InChI is InChI=1S/C20H25F3N2O2S/c1-13-14(2)18(11-10-17(13)20(21,22)23)24-12-15-6-8-16(9-7-15)25-28(26,27)19(3,4)5/h6-11,24-25H,12H2,1-5H3. The molecule has 0 spiro atoms. The topological polar surface area (TPSA) is 58.2 Å². The zero-order valence-corrected chi connectivity index (χ0v) is 17.3. The first kappa shape index (κ1) is 22.1. The Hall–Kier alpha value is -2.22. The van der Waals surface area contributed by atoms with Gasteiger partial charge in [0.2, 0.25) is 10.0 Å². The van der Waals surface area contributed by atoms with E-state index in [2.05, 4.69) is 10.0 Å². The highest BCUT2D eigenvalue weighted by Gasteiger charge is 2.33. The van der Waals surface area contributed by atoms with Crippen LogP contribution < -0.4 is 10.0 Å². The van der Waals surface area contributed by atoms with Gasteiger partial charge in [-0.1, -0.05) is 12.1 Å². The fraction of sp³-hybridized carbons (Fsp3) is 0.400. The van der Waals surface area contributed by atoms with Crippen molar-refractivity contribution in [1.29, 1.82) is 0 Å². The molecule has 2 N–H and O–H groups in total. The number of alkyl halides is 3. The zero-order chi connectivity index (χ0) is 21.3. The third kappa shape index (κ3) is 4.98. The van der Waals surface area contributed by atoms with Crippen LogP contribution in [0.2, 0.25) is 0 Å². The normalized spacial score (nSPS) is 12.7. The number of sulfonamides is 1. The Balaban J connectivity index is 2.09. The Morgan fingerprint density at radius 1 is 0.893 bits per heavy atom. The summed E-state index contributed by atoms with van der Waals surface area (Å²) in [5.74, 6) is 0. The fourth-order valence-corrected chi connectivity index (χ4v) is 3.27. The summed E-state index contributed by atoms with van der Waals surface area (Å²) >= 11 is 0. The highest BCUT2D eigenvalue weighted by Crippen LogP contribution is 2.35. The monoisotopic (exact) mass is 414 g/mol. The molecule has 0 bridgehead atoms. The van der Waals surface area contributed by atoms with Crippen molar-refractivity contribution in [3.63, 3.8) is 0 Å². The molecule has 0 aliphatic heterocycles. The molecule has 2 aromatic rings. The molecule has 0 aliphatic carbocycles. The van der Waals surface area contributed by atoms with Gasteiger partial charge in [0.05, 0.1) is 10.3 Å². The maximum atomic E-state index is 13.0. The van der Waals surface area contributed by atoms with Gasteiger partial charge in [-0.25, -0.2) is 8.42 Å². The SMILES string of the molecule is Cc1c(NCc2ccc(NS(=O)(=O)C(C)(C)C)cc2)ccc(C(F)(F)F)c1C. The lowest BCUT2D eigenvalue weighted by Gasteiger charge is -2.20. The van der Waals surface area contributed by atoms with E-state index in [0.717, 1.165) is 11.6 Å². The molecule has 0 saturated heterocycles. The Kier molecular flexibility index (Phi) is 6.04. The molecule has 0 aromatic heterocycles. The van der Waals surface area contributed by atoms with Crippen LogP contribution >= 0.6 is 0 Å². The van der Waals surface area contributed by atoms with E-state index in [9.17, 15) is 21.6 Å². The number of anilines is 2. The summed E-state index contributed by atoms with van der Waals surface area (Å²) in [5, 5.41) is 3.13. The van der Waals surface area contributed by atoms with Gasteiger partial charge in [0.25, 0.3) is 0 Å². The van der Waals surface area contributed by atoms with Crippen molar-refractivity contribution in [2.24, 2.45) is 0 Å². The number of benzene rings is 2. The molecule has 0 radical (unpaired) electrons. The first-order valence-corrected chi connectivity index (χ1v) is 10.2. The summed E-state index contributed by atoms with van der Waals surface area (Å²) < 4.78 is 64.9. The molecule has 0 saturated carbocycles. The molecular formula is C20H25F3N2O2S. The van der Waals surface area contributed by atoms with E-state index in [0.29, 0.717) is 23.5 Å². The van der Waals surface area contributed by atoms with E-state index >= 15 is 0 Å². The third-order valence-corrected chi connectivity index (χ3v) is 6.70. The molecule has 0 fully saturated rings. The van der Waals surface area contributed by atoms with Crippen LogP contribution in [0, 0.1) is 13.8 Å². The highest BCUT2D eigenvalue weighted by molar-refractivity contribution is 7.94. The molecule has 154 valence electrons. The second kappa shape index (κ2) is 7.66. The lowest BCUT2D eigenvalue weighted by Crippen LogP contribution is -2.33. The first-order chi connectivity index (χ1) is 12.7. The van der Waals surface area contributed by atoms with Crippen molar-refractivity contribution in [3.8, 4) is 0 Å². The molecule has 4 nitrogen and oxygen atoms in total. The second-order valence-corrected chi connectivity index (χ2v) is 10.1. The van der Waals surface area contributed by atoms with Crippen molar-refractivity contribution in [2.75, 3.05) is 10.0 Å². The van der Waals surface area contributed by atoms with Crippen molar-refractivity contribution in [1.82, 2.24) is 0 Å². The third-order valence-electron chi connectivity index (χ3n) is 4.59. The van der Waals surface area contributed by atoms with Gasteiger partial charge in [0.15, 0.2) is 0 Å². The minimum atomic E-state index is -4.37. The summed E-state index contributed by atoms with van der Waals surface area (Å²) in [5.41, 5.74) is 2.07. The molecule has 0 atom stereocenters. The Bertz CT molecular complexity index is 945. The molecule has 8 heteroatoms. The Morgan fingerprint density at radius 2 is 1.46 bits per heavy atom. The molecule has 0 unspecified atom stereocenters. The minimum absolute atomic E-state index is 0.199. The van der Waals surface area contributed by atoms with Gasteiger partial charge in [0.1, 0.15) is 0 Å². The predicted octanol–water partition coefficient (Wildman–Crippen LogP) is 5.47. The van der Waals surface area contributed by atoms with Gasteiger partial charge in [-0.15, -0.1) is 0 Å². The molecule has 0 aliphatic rings. The largest absolute Gasteiger partial charge is 0.416 e. The molecule has 2 rings (SSSR count). The number of halogens is 3. The van der Waals surface area contributed by atoms with Gasteiger partial charge in [-0.3, -0.25) is 4.72 Å². The smallest absolute Gasteiger partial charge is 0.381 e. The summed E-state index contributed by atoms with van der Waals surface area (Å²) in [6.45, 7) is 8.35. The van der Waals surface area contributed by atoms with Crippen molar-refractivity contribution in [2.45, 2.75) is 52.1 Å². The van der Waals surface area contributed by atoms with Crippen LogP contribution in [0.3, 0.4) is 0 Å². The van der Waals surface area contributed by atoms with E-state index in [4.69, 9.17) is 0 Å². The number of nitrogens with one attached hydrogen (secondary N) is 2. The average molecular weight is 414 g/mol. The van der Waals surface area contributed by atoms with Crippen LogP contribution in [-0.2, 0) is 22.7 Å². The van der Waals surface area contributed by atoms with Crippen molar-refractivity contribution >= 4 is 21.4 Å².